The molecule has 0 spiro atoms. The van der Waals surface area contributed by atoms with Gasteiger partial charge in [0.2, 0.25) is 0 Å². The Morgan fingerprint density at radius 1 is 0.417 bits per heavy atom. The highest BCUT2D eigenvalue weighted by atomic mass is 15.0. The fraction of sp³-hybridized carbons (Fsp3) is 0.0435. The van der Waals surface area contributed by atoms with Crippen molar-refractivity contribution in [1.29, 1.82) is 0 Å². The van der Waals surface area contributed by atoms with Gasteiger partial charge in [-0.25, -0.2) is 0 Å². The van der Waals surface area contributed by atoms with E-state index >= 15 is 0 Å². The molecule has 226 valence electrons. The smallest absolute Gasteiger partial charge is 0.0549 e. The number of fused-ring (bicyclic) bond motifs is 8. The van der Waals surface area contributed by atoms with Crippen LogP contribution in [0.15, 0.2) is 164 Å². The van der Waals surface area contributed by atoms with Gasteiger partial charge in [0.05, 0.1) is 22.2 Å². The van der Waals surface area contributed by atoms with E-state index in [1.54, 1.807) is 0 Å². The molecule has 0 radical (unpaired) electrons. The minimum absolute atomic E-state index is 1.04. The zero-order chi connectivity index (χ0) is 31.6. The highest BCUT2D eigenvalue weighted by Crippen LogP contribution is 2.43. The summed E-state index contributed by atoms with van der Waals surface area (Å²) in [4.78, 5) is 0. The van der Waals surface area contributed by atoms with E-state index in [1.807, 2.05) is 0 Å². The number of nitrogens with zero attached hydrogens (tertiary/aromatic N) is 2. The van der Waals surface area contributed by atoms with Crippen LogP contribution in [-0.2, 0) is 6.42 Å². The second kappa shape index (κ2) is 10.7. The van der Waals surface area contributed by atoms with Crippen molar-refractivity contribution in [3.8, 4) is 33.6 Å². The highest BCUT2D eigenvalue weighted by molar-refractivity contribution is 6.23. The highest BCUT2D eigenvalue weighted by Gasteiger charge is 2.24. The third-order valence-corrected chi connectivity index (χ3v) is 10.2. The van der Waals surface area contributed by atoms with Crippen LogP contribution in [0.25, 0.3) is 83.2 Å². The van der Waals surface area contributed by atoms with Crippen LogP contribution >= 0.6 is 0 Å². The maximum absolute atomic E-state index is 2.48. The molecule has 0 saturated carbocycles. The average Bonchev–Trinajstić information content (AvgIpc) is 3.68. The van der Waals surface area contributed by atoms with Gasteiger partial charge in [0.1, 0.15) is 0 Å². The van der Waals surface area contributed by atoms with E-state index in [0.29, 0.717) is 0 Å². The Kier molecular flexibility index (Phi) is 6.04. The second-order valence-corrected chi connectivity index (χ2v) is 12.8. The van der Waals surface area contributed by atoms with Gasteiger partial charge in [-0.1, -0.05) is 127 Å². The maximum atomic E-state index is 2.48. The summed E-state index contributed by atoms with van der Waals surface area (Å²) in [7, 11) is 0. The molecule has 1 aliphatic carbocycles. The van der Waals surface area contributed by atoms with Crippen LogP contribution in [0.5, 0.6) is 0 Å². The third-order valence-electron chi connectivity index (χ3n) is 10.2. The second-order valence-electron chi connectivity index (χ2n) is 12.8. The van der Waals surface area contributed by atoms with Crippen molar-refractivity contribution in [1.82, 2.24) is 9.13 Å². The summed E-state index contributed by atoms with van der Waals surface area (Å²) >= 11 is 0. The van der Waals surface area contributed by atoms with Crippen molar-refractivity contribution in [3.63, 3.8) is 0 Å². The standard InChI is InChI=1S/C46H32N2/c1-2-11-31(12-3-1)32-21-23-33(24-22-32)34-25-27-36(28-26-34)47-41-18-8-6-16-38(41)45-43(47)29-30-44-46(45)39-17-7-9-19-42(39)48(44)40-20-10-14-35-13-4-5-15-37(35)40/h1-5,7-15,17-30H,6,16H2. The van der Waals surface area contributed by atoms with Crippen LogP contribution in [0.2, 0.25) is 0 Å². The predicted molar refractivity (Wildman–Crippen MR) is 203 cm³/mol. The minimum atomic E-state index is 1.04. The lowest BCUT2D eigenvalue weighted by molar-refractivity contribution is 0.968. The largest absolute Gasteiger partial charge is 0.310 e. The van der Waals surface area contributed by atoms with E-state index in [2.05, 4.69) is 179 Å². The van der Waals surface area contributed by atoms with E-state index in [9.17, 15) is 0 Å². The van der Waals surface area contributed by atoms with E-state index in [-0.39, 0.29) is 0 Å². The zero-order valence-corrected chi connectivity index (χ0v) is 26.5. The van der Waals surface area contributed by atoms with E-state index < -0.39 is 0 Å². The number of benzene rings is 7. The fourth-order valence-corrected chi connectivity index (χ4v) is 8.01. The Labute approximate surface area is 279 Å². The van der Waals surface area contributed by atoms with Crippen molar-refractivity contribution in [2.75, 3.05) is 0 Å². The van der Waals surface area contributed by atoms with Gasteiger partial charge < -0.3 is 9.13 Å². The van der Waals surface area contributed by atoms with Gasteiger partial charge in [-0.05, 0) is 88.5 Å². The molecule has 0 saturated heterocycles. The molecule has 0 aliphatic heterocycles. The molecule has 0 N–H and O–H groups in total. The van der Waals surface area contributed by atoms with Gasteiger partial charge in [-0.3, -0.25) is 0 Å². The summed E-state index contributed by atoms with van der Waals surface area (Å²) < 4.78 is 4.96. The first-order chi connectivity index (χ1) is 23.8. The molecule has 0 amide bonds. The van der Waals surface area contributed by atoms with Crippen molar-refractivity contribution in [3.05, 3.63) is 175 Å². The molecule has 2 heterocycles. The molecule has 10 rings (SSSR count). The Bertz CT molecular complexity index is 2680. The van der Waals surface area contributed by atoms with Crippen molar-refractivity contribution in [2.45, 2.75) is 12.8 Å². The topological polar surface area (TPSA) is 9.86 Å². The van der Waals surface area contributed by atoms with E-state index in [0.717, 1.165) is 12.8 Å². The number of allylic oxidation sites excluding steroid dienone is 1. The number of para-hydroxylation sites is 1. The summed E-state index contributed by atoms with van der Waals surface area (Å²) in [5.74, 6) is 0. The monoisotopic (exact) mass is 612 g/mol. The molecule has 2 nitrogen and oxygen atoms in total. The predicted octanol–water partition coefficient (Wildman–Crippen LogP) is 12.2. The van der Waals surface area contributed by atoms with Crippen LogP contribution in [0, 0.1) is 0 Å². The minimum Gasteiger partial charge on any atom is -0.310 e. The molecule has 9 aromatic rings. The van der Waals surface area contributed by atoms with Crippen molar-refractivity contribution < 1.29 is 0 Å². The fourth-order valence-electron chi connectivity index (χ4n) is 8.01. The quantitative estimate of drug-likeness (QED) is 0.187. The van der Waals surface area contributed by atoms with Crippen LogP contribution in [0.4, 0.5) is 0 Å². The van der Waals surface area contributed by atoms with Gasteiger partial charge in [-0.2, -0.15) is 0 Å². The summed E-state index contributed by atoms with van der Waals surface area (Å²) in [6.45, 7) is 0. The van der Waals surface area contributed by atoms with Crippen LogP contribution in [0.3, 0.4) is 0 Å². The first kappa shape index (κ1) is 27.0. The van der Waals surface area contributed by atoms with Crippen molar-refractivity contribution >= 4 is 49.6 Å². The number of aromatic nitrogens is 2. The van der Waals surface area contributed by atoms with E-state index in [1.165, 1.54) is 88.4 Å². The molecule has 2 heteroatoms. The van der Waals surface area contributed by atoms with Crippen LogP contribution < -0.4 is 0 Å². The summed E-state index contributed by atoms with van der Waals surface area (Å²) in [5, 5.41) is 6.54. The normalized spacial score (nSPS) is 12.8. The summed E-state index contributed by atoms with van der Waals surface area (Å²) in [6.07, 6.45) is 6.76. The first-order valence-electron chi connectivity index (χ1n) is 16.8. The Morgan fingerprint density at radius 2 is 1.02 bits per heavy atom. The molecule has 0 atom stereocenters. The molecular weight excluding hydrogens is 581 g/mol. The number of hydrogen-bond acceptors (Lipinski definition) is 0. The zero-order valence-electron chi connectivity index (χ0n) is 26.5. The van der Waals surface area contributed by atoms with Crippen LogP contribution in [0.1, 0.15) is 17.7 Å². The first-order valence-corrected chi connectivity index (χ1v) is 16.8. The molecule has 0 fully saturated rings. The van der Waals surface area contributed by atoms with Gasteiger partial charge in [-0.15, -0.1) is 0 Å². The lowest BCUT2D eigenvalue weighted by Gasteiger charge is -2.13. The lowest BCUT2D eigenvalue weighted by atomic mass is 9.98. The Hall–Kier alpha value is -6.12. The van der Waals surface area contributed by atoms with E-state index in [4.69, 9.17) is 0 Å². The van der Waals surface area contributed by atoms with Crippen molar-refractivity contribution in [2.24, 2.45) is 0 Å². The SMILES string of the molecule is C1=Cc2c(c3c4c5ccccc5n(-c5cccc6ccccc56)c4ccc3n2-c2ccc(-c3ccc(-c4ccccc4)cc3)cc2)CC1. The summed E-state index contributed by atoms with van der Waals surface area (Å²) in [6, 6.07) is 57.6. The molecule has 0 bridgehead atoms. The molecule has 1 aliphatic rings. The lowest BCUT2D eigenvalue weighted by Crippen LogP contribution is -2.00. The number of rotatable bonds is 4. The van der Waals surface area contributed by atoms with Gasteiger partial charge in [0, 0.05) is 32.9 Å². The average molecular weight is 613 g/mol. The molecule has 48 heavy (non-hydrogen) atoms. The molecule has 0 unspecified atom stereocenters. The number of hydrogen-bond donors (Lipinski definition) is 0. The summed E-state index contributed by atoms with van der Waals surface area (Å²) in [5.41, 5.74) is 13.8. The Morgan fingerprint density at radius 3 is 1.79 bits per heavy atom. The van der Waals surface area contributed by atoms with Gasteiger partial charge in [0.15, 0.2) is 0 Å². The molecule has 2 aromatic heterocycles. The van der Waals surface area contributed by atoms with Gasteiger partial charge in [0.25, 0.3) is 0 Å². The maximum Gasteiger partial charge on any atom is 0.0549 e. The number of aryl methyl sites for hydroxylation is 1. The molecular formula is C46H32N2. The van der Waals surface area contributed by atoms with Crippen LogP contribution in [-0.4, -0.2) is 9.13 Å². The third kappa shape index (κ3) is 4.06. The van der Waals surface area contributed by atoms with Gasteiger partial charge >= 0.3 is 0 Å². The molecule has 7 aromatic carbocycles. The Balaban J connectivity index is 1.16.